The number of aromatic nitrogens is 2. The van der Waals surface area contributed by atoms with Gasteiger partial charge in [-0.15, -0.1) is 0 Å². The molecular weight excluding hydrogens is 366 g/mol. The average molecular weight is 393 g/mol. The molecule has 2 aromatic carbocycles. The van der Waals surface area contributed by atoms with Gasteiger partial charge >= 0.3 is 5.69 Å². The number of nitrogens with zero attached hydrogens (tertiary/aromatic N) is 3. The van der Waals surface area contributed by atoms with E-state index in [1.54, 1.807) is 16.2 Å². The lowest BCUT2D eigenvalue weighted by molar-refractivity contribution is -0.132. The fourth-order valence-electron chi connectivity index (χ4n) is 4.41. The molecule has 2 heterocycles. The molecule has 3 aromatic rings. The number of carbonyl (C=O) groups excluding carboxylic acids is 1. The fourth-order valence-corrected chi connectivity index (χ4v) is 4.41. The van der Waals surface area contributed by atoms with Crippen LogP contribution in [0.5, 0.6) is 5.75 Å². The summed E-state index contributed by atoms with van der Waals surface area (Å²) in [6.45, 7) is 3.73. The molecule has 6 nitrogen and oxygen atoms in total. The second-order valence-corrected chi connectivity index (χ2v) is 7.44. The number of methoxy groups -OCH3 is 1. The number of carbonyl (C=O) groups is 1. The number of benzene rings is 2. The van der Waals surface area contributed by atoms with Gasteiger partial charge in [0.2, 0.25) is 5.91 Å². The number of rotatable bonds is 6. The van der Waals surface area contributed by atoms with Crippen molar-refractivity contribution in [1.82, 2.24) is 14.0 Å². The van der Waals surface area contributed by atoms with Gasteiger partial charge in [-0.05, 0) is 49.6 Å². The molecule has 0 bridgehead atoms. The molecule has 1 saturated heterocycles. The summed E-state index contributed by atoms with van der Waals surface area (Å²) in [4.78, 5) is 27.8. The number of amides is 1. The lowest BCUT2D eigenvalue weighted by atomic mass is 10.0. The van der Waals surface area contributed by atoms with E-state index >= 15 is 0 Å². The number of likely N-dealkylation sites (tertiary alicyclic amines) is 1. The highest BCUT2D eigenvalue weighted by Gasteiger charge is 2.30. The maximum absolute atomic E-state index is 13.1. The van der Waals surface area contributed by atoms with Crippen LogP contribution in [0.4, 0.5) is 0 Å². The van der Waals surface area contributed by atoms with Gasteiger partial charge in [0, 0.05) is 26.1 Å². The highest BCUT2D eigenvalue weighted by molar-refractivity contribution is 5.78. The molecule has 1 aromatic heterocycles. The summed E-state index contributed by atoms with van der Waals surface area (Å²) in [5.74, 6) is 0.899. The smallest absolute Gasteiger partial charge is 0.329 e. The van der Waals surface area contributed by atoms with E-state index in [1.165, 1.54) is 0 Å². The van der Waals surface area contributed by atoms with E-state index < -0.39 is 0 Å². The highest BCUT2D eigenvalue weighted by Crippen LogP contribution is 2.34. The van der Waals surface area contributed by atoms with Crippen molar-refractivity contribution in [1.29, 1.82) is 0 Å². The summed E-state index contributed by atoms with van der Waals surface area (Å²) < 4.78 is 8.83. The monoisotopic (exact) mass is 393 g/mol. The first-order chi connectivity index (χ1) is 14.1. The van der Waals surface area contributed by atoms with Gasteiger partial charge in [0.15, 0.2) is 0 Å². The minimum Gasteiger partial charge on any atom is -0.497 e. The van der Waals surface area contributed by atoms with Crippen molar-refractivity contribution >= 4 is 16.9 Å². The SMILES string of the molecule is CCn1c(=O)n(CCC(=O)N2CCCC2c2cccc(OC)c2)c2ccccc21. The van der Waals surface area contributed by atoms with E-state index in [0.29, 0.717) is 19.5 Å². The lowest BCUT2D eigenvalue weighted by Crippen LogP contribution is -2.32. The maximum atomic E-state index is 13.1. The molecule has 0 spiro atoms. The molecule has 29 heavy (non-hydrogen) atoms. The maximum Gasteiger partial charge on any atom is 0.329 e. The van der Waals surface area contributed by atoms with Crippen LogP contribution < -0.4 is 10.4 Å². The van der Waals surface area contributed by atoms with Crippen molar-refractivity contribution in [3.63, 3.8) is 0 Å². The predicted octanol–water partition coefficient (Wildman–Crippen LogP) is 3.59. The van der Waals surface area contributed by atoms with Crippen LogP contribution in [-0.4, -0.2) is 33.6 Å². The summed E-state index contributed by atoms with van der Waals surface area (Å²) >= 11 is 0. The topological polar surface area (TPSA) is 56.5 Å². The highest BCUT2D eigenvalue weighted by atomic mass is 16.5. The Hall–Kier alpha value is -3.02. The molecule has 0 N–H and O–H groups in total. The van der Waals surface area contributed by atoms with Crippen LogP contribution in [0.25, 0.3) is 11.0 Å². The largest absolute Gasteiger partial charge is 0.497 e. The van der Waals surface area contributed by atoms with Gasteiger partial charge < -0.3 is 9.64 Å². The summed E-state index contributed by atoms with van der Waals surface area (Å²) in [7, 11) is 1.65. The fraction of sp³-hybridized carbons (Fsp3) is 0.391. The quantitative estimate of drug-likeness (QED) is 0.643. The second kappa shape index (κ2) is 8.15. The van der Waals surface area contributed by atoms with E-state index in [2.05, 4.69) is 6.07 Å². The molecule has 1 aliphatic heterocycles. The first-order valence-electron chi connectivity index (χ1n) is 10.3. The van der Waals surface area contributed by atoms with Crippen molar-refractivity contribution in [3.05, 3.63) is 64.6 Å². The molecule has 4 rings (SSSR count). The summed E-state index contributed by atoms with van der Waals surface area (Å²) in [5.41, 5.74) is 2.86. The summed E-state index contributed by atoms with van der Waals surface area (Å²) in [6, 6.07) is 15.8. The van der Waals surface area contributed by atoms with Gasteiger partial charge in [-0.3, -0.25) is 13.9 Å². The van der Waals surface area contributed by atoms with Gasteiger partial charge in [-0.25, -0.2) is 4.79 Å². The number of hydrogen-bond donors (Lipinski definition) is 0. The van der Waals surface area contributed by atoms with Crippen molar-refractivity contribution in [2.45, 2.75) is 45.3 Å². The molecule has 1 fully saturated rings. The number of para-hydroxylation sites is 2. The minimum atomic E-state index is -0.0488. The Bertz CT molecular complexity index is 1080. The molecule has 1 aliphatic rings. The Morgan fingerprint density at radius 3 is 2.59 bits per heavy atom. The van der Waals surface area contributed by atoms with Gasteiger partial charge in [-0.2, -0.15) is 0 Å². The van der Waals surface area contributed by atoms with Crippen molar-refractivity contribution in [2.75, 3.05) is 13.7 Å². The van der Waals surface area contributed by atoms with Gasteiger partial charge in [0.25, 0.3) is 0 Å². The Morgan fingerprint density at radius 1 is 1.10 bits per heavy atom. The third-order valence-corrected chi connectivity index (χ3v) is 5.84. The molecule has 1 amide bonds. The van der Waals surface area contributed by atoms with Gasteiger partial charge in [-0.1, -0.05) is 24.3 Å². The Kier molecular flexibility index (Phi) is 5.43. The van der Waals surface area contributed by atoms with Crippen LogP contribution in [0.3, 0.4) is 0 Å². The molecule has 1 atom stereocenters. The molecular formula is C23H27N3O3. The third-order valence-electron chi connectivity index (χ3n) is 5.84. The van der Waals surface area contributed by atoms with E-state index in [0.717, 1.165) is 41.7 Å². The molecule has 0 aliphatic carbocycles. The normalized spacial score (nSPS) is 16.5. The van der Waals surface area contributed by atoms with Crippen LogP contribution in [0.1, 0.15) is 37.8 Å². The van der Waals surface area contributed by atoms with Gasteiger partial charge in [0.05, 0.1) is 24.2 Å². The first-order valence-corrected chi connectivity index (χ1v) is 10.3. The molecule has 6 heteroatoms. The van der Waals surface area contributed by atoms with Crippen molar-refractivity contribution < 1.29 is 9.53 Å². The molecule has 152 valence electrons. The van der Waals surface area contributed by atoms with E-state index in [9.17, 15) is 9.59 Å². The van der Waals surface area contributed by atoms with Crippen LogP contribution in [0.15, 0.2) is 53.3 Å². The Labute approximate surface area is 170 Å². The molecule has 0 radical (unpaired) electrons. The van der Waals surface area contributed by atoms with Crippen LogP contribution in [0, 0.1) is 0 Å². The zero-order valence-electron chi connectivity index (χ0n) is 17.0. The number of ether oxygens (including phenoxy) is 1. The number of aryl methyl sites for hydroxylation is 2. The van der Waals surface area contributed by atoms with Crippen molar-refractivity contribution in [2.24, 2.45) is 0 Å². The molecule has 0 saturated carbocycles. The summed E-state index contributed by atoms with van der Waals surface area (Å²) in [5, 5.41) is 0. The molecule has 1 unspecified atom stereocenters. The second-order valence-electron chi connectivity index (χ2n) is 7.44. The van der Waals surface area contributed by atoms with Gasteiger partial charge in [0.1, 0.15) is 5.75 Å². The predicted molar refractivity (Wildman–Crippen MR) is 113 cm³/mol. The number of hydrogen-bond acceptors (Lipinski definition) is 3. The Balaban J connectivity index is 1.53. The van der Waals surface area contributed by atoms with Crippen LogP contribution >= 0.6 is 0 Å². The zero-order chi connectivity index (χ0) is 20.4. The van der Waals surface area contributed by atoms with E-state index in [4.69, 9.17) is 4.74 Å². The number of fused-ring (bicyclic) bond motifs is 1. The average Bonchev–Trinajstić information content (AvgIpc) is 3.34. The Morgan fingerprint density at radius 2 is 1.86 bits per heavy atom. The lowest BCUT2D eigenvalue weighted by Gasteiger charge is -2.25. The zero-order valence-corrected chi connectivity index (χ0v) is 17.0. The minimum absolute atomic E-state index is 0.0488. The summed E-state index contributed by atoms with van der Waals surface area (Å²) in [6.07, 6.45) is 2.26. The third kappa shape index (κ3) is 3.55. The standard InChI is InChI=1S/C23H27N3O3/c1-3-24-20-10-4-5-11-21(20)26(23(24)28)15-13-22(27)25-14-7-12-19(25)17-8-6-9-18(16-17)29-2/h4-6,8-11,16,19H,3,7,12-15H2,1-2H3. The van der Waals surface area contributed by atoms with E-state index in [-0.39, 0.29) is 17.6 Å². The van der Waals surface area contributed by atoms with Crippen molar-refractivity contribution in [3.8, 4) is 5.75 Å². The van der Waals surface area contributed by atoms with Crippen LogP contribution in [-0.2, 0) is 17.9 Å². The first kappa shape index (κ1) is 19.3. The number of imidazole rings is 1. The van der Waals surface area contributed by atoms with Crippen LogP contribution in [0.2, 0.25) is 0 Å². The van der Waals surface area contributed by atoms with E-state index in [1.807, 2.05) is 54.3 Å².